The van der Waals surface area contributed by atoms with Crippen LogP contribution in [0.4, 0.5) is 4.39 Å². The van der Waals surface area contributed by atoms with Gasteiger partial charge in [-0.15, -0.1) is 0 Å². The summed E-state index contributed by atoms with van der Waals surface area (Å²) >= 11 is 0. The number of halogens is 1. The van der Waals surface area contributed by atoms with Gasteiger partial charge in [-0.3, -0.25) is 4.79 Å². The topological polar surface area (TPSA) is 46.3 Å². The number of carbonyl (C=O) groups excluding carboxylic acids is 1. The molecule has 20 heavy (non-hydrogen) atoms. The number of rotatable bonds is 5. The van der Waals surface area contributed by atoms with Gasteiger partial charge in [0.05, 0.1) is 5.56 Å². The van der Waals surface area contributed by atoms with Crippen LogP contribution in [0, 0.1) is 5.82 Å². The molecular formula is C16H17FN2O. The Hall–Kier alpha value is -2.20. The van der Waals surface area contributed by atoms with Crippen LogP contribution in [0.5, 0.6) is 0 Å². The fraction of sp³-hybridized carbons (Fsp3) is 0.188. The molecule has 4 heteroatoms. The zero-order valence-corrected chi connectivity index (χ0v) is 11.1. The first kappa shape index (κ1) is 14.2. The normalized spacial score (nSPS) is 10.3. The maximum atomic E-state index is 13.7. The van der Waals surface area contributed by atoms with Crippen LogP contribution in [0.2, 0.25) is 0 Å². The quantitative estimate of drug-likeness (QED) is 0.908. The summed E-state index contributed by atoms with van der Waals surface area (Å²) in [6, 6.07) is 15.6. The number of nitrogens with two attached hydrogens (primary N) is 1. The lowest BCUT2D eigenvalue weighted by molar-refractivity contribution is 0.0743. The predicted octanol–water partition coefficient (Wildman–Crippen LogP) is 2.43. The minimum atomic E-state index is -0.507. The largest absolute Gasteiger partial charge is 0.333 e. The van der Waals surface area contributed by atoms with E-state index in [1.807, 2.05) is 30.3 Å². The molecule has 0 aliphatic carbocycles. The summed E-state index contributed by atoms with van der Waals surface area (Å²) in [7, 11) is 0. The van der Waals surface area contributed by atoms with E-state index in [1.54, 1.807) is 17.0 Å². The first-order valence-corrected chi connectivity index (χ1v) is 6.50. The van der Waals surface area contributed by atoms with Gasteiger partial charge in [0.15, 0.2) is 0 Å². The number of hydrogen-bond acceptors (Lipinski definition) is 2. The molecule has 0 saturated heterocycles. The molecule has 0 unspecified atom stereocenters. The van der Waals surface area contributed by atoms with Crippen molar-refractivity contribution in [2.45, 2.75) is 6.54 Å². The van der Waals surface area contributed by atoms with Crippen molar-refractivity contribution in [2.75, 3.05) is 13.1 Å². The lowest BCUT2D eigenvalue weighted by Gasteiger charge is -2.22. The van der Waals surface area contributed by atoms with Gasteiger partial charge < -0.3 is 10.6 Å². The Balaban J connectivity index is 2.20. The van der Waals surface area contributed by atoms with E-state index in [0.717, 1.165) is 5.56 Å². The molecule has 104 valence electrons. The van der Waals surface area contributed by atoms with Crippen LogP contribution in [0.1, 0.15) is 15.9 Å². The van der Waals surface area contributed by atoms with E-state index in [4.69, 9.17) is 5.73 Å². The Bertz CT molecular complexity index is 572. The molecule has 2 N–H and O–H groups in total. The molecule has 2 aromatic rings. The summed E-state index contributed by atoms with van der Waals surface area (Å²) in [4.78, 5) is 14.0. The van der Waals surface area contributed by atoms with Crippen LogP contribution >= 0.6 is 0 Å². The molecule has 0 aliphatic rings. The Morgan fingerprint density at radius 2 is 1.70 bits per heavy atom. The molecule has 2 rings (SSSR count). The molecule has 3 nitrogen and oxygen atoms in total. The van der Waals surface area contributed by atoms with Crippen LogP contribution in [0.25, 0.3) is 0 Å². The highest BCUT2D eigenvalue weighted by atomic mass is 19.1. The molecule has 0 heterocycles. The third-order valence-corrected chi connectivity index (χ3v) is 3.01. The van der Waals surface area contributed by atoms with Crippen LogP contribution in [-0.2, 0) is 6.54 Å². The highest BCUT2D eigenvalue weighted by Gasteiger charge is 2.18. The maximum absolute atomic E-state index is 13.7. The van der Waals surface area contributed by atoms with Gasteiger partial charge in [-0.2, -0.15) is 0 Å². The number of amides is 1. The molecule has 0 fully saturated rings. The number of hydrogen-bond donors (Lipinski definition) is 1. The molecular weight excluding hydrogens is 255 g/mol. The Morgan fingerprint density at radius 3 is 2.35 bits per heavy atom. The third kappa shape index (κ3) is 3.42. The molecule has 0 spiro atoms. The number of carbonyl (C=O) groups is 1. The monoisotopic (exact) mass is 272 g/mol. The van der Waals surface area contributed by atoms with Gasteiger partial charge in [0.25, 0.3) is 5.91 Å². The van der Waals surface area contributed by atoms with Crippen molar-refractivity contribution in [3.63, 3.8) is 0 Å². The molecule has 0 aromatic heterocycles. The number of nitrogens with zero attached hydrogens (tertiary/aromatic N) is 1. The lowest BCUT2D eigenvalue weighted by atomic mass is 10.1. The molecule has 1 amide bonds. The Labute approximate surface area is 117 Å². The summed E-state index contributed by atoms with van der Waals surface area (Å²) in [6.45, 7) is 1.15. The first-order valence-electron chi connectivity index (χ1n) is 6.50. The van der Waals surface area contributed by atoms with Crippen molar-refractivity contribution in [1.82, 2.24) is 4.90 Å². The molecule has 0 bridgehead atoms. The van der Waals surface area contributed by atoms with E-state index in [2.05, 4.69) is 0 Å². The standard InChI is InChI=1S/C16H17FN2O/c17-15-9-5-4-8-14(15)16(20)19(11-10-18)12-13-6-2-1-3-7-13/h1-9H,10-12,18H2. The van der Waals surface area contributed by atoms with Crippen molar-refractivity contribution in [3.05, 3.63) is 71.5 Å². The van der Waals surface area contributed by atoms with Gasteiger partial charge in [-0.25, -0.2) is 4.39 Å². The van der Waals surface area contributed by atoms with E-state index in [9.17, 15) is 9.18 Å². The van der Waals surface area contributed by atoms with Crippen LogP contribution in [0.15, 0.2) is 54.6 Å². The fourth-order valence-electron chi connectivity index (χ4n) is 2.02. The number of benzene rings is 2. The van der Waals surface area contributed by atoms with E-state index < -0.39 is 5.82 Å². The summed E-state index contributed by atoms with van der Waals surface area (Å²) in [5.41, 5.74) is 6.62. The second-order valence-corrected chi connectivity index (χ2v) is 4.48. The first-order chi connectivity index (χ1) is 9.72. The van der Waals surface area contributed by atoms with Crippen LogP contribution < -0.4 is 5.73 Å². The molecule has 0 atom stereocenters. The minimum absolute atomic E-state index is 0.0804. The summed E-state index contributed by atoms with van der Waals surface area (Å²) in [5, 5.41) is 0. The SMILES string of the molecule is NCCN(Cc1ccccc1)C(=O)c1ccccc1F. The predicted molar refractivity (Wildman–Crippen MR) is 76.6 cm³/mol. The maximum Gasteiger partial charge on any atom is 0.257 e. The minimum Gasteiger partial charge on any atom is -0.333 e. The summed E-state index contributed by atoms with van der Waals surface area (Å²) in [6.07, 6.45) is 0. The summed E-state index contributed by atoms with van der Waals surface area (Å²) < 4.78 is 13.7. The Kier molecular flexibility index (Phi) is 4.85. The Morgan fingerprint density at radius 1 is 1.05 bits per heavy atom. The van der Waals surface area contributed by atoms with Crippen molar-refractivity contribution in [2.24, 2.45) is 5.73 Å². The highest BCUT2D eigenvalue weighted by Crippen LogP contribution is 2.12. The third-order valence-electron chi connectivity index (χ3n) is 3.01. The van der Waals surface area contributed by atoms with Crippen LogP contribution in [0.3, 0.4) is 0 Å². The fourth-order valence-corrected chi connectivity index (χ4v) is 2.02. The van der Waals surface area contributed by atoms with E-state index in [1.165, 1.54) is 12.1 Å². The van der Waals surface area contributed by atoms with Gasteiger partial charge in [0, 0.05) is 19.6 Å². The molecule has 2 aromatic carbocycles. The van der Waals surface area contributed by atoms with Crippen molar-refractivity contribution < 1.29 is 9.18 Å². The zero-order chi connectivity index (χ0) is 14.4. The lowest BCUT2D eigenvalue weighted by Crippen LogP contribution is -2.35. The van der Waals surface area contributed by atoms with Gasteiger partial charge >= 0.3 is 0 Å². The molecule has 0 aliphatic heterocycles. The average molecular weight is 272 g/mol. The van der Waals surface area contributed by atoms with E-state index in [0.29, 0.717) is 19.6 Å². The van der Waals surface area contributed by atoms with Gasteiger partial charge in [-0.1, -0.05) is 42.5 Å². The van der Waals surface area contributed by atoms with Crippen LogP contribution in [-0.4, -0.2) is 23.9 Å². The van der Waals surface area contributed by atoms with Crippen molar-refractivity contribution in [1.29, 1.82) is 0 Å². The second-order valence-electron chi connectivity index (χ2n) is 4.48. The second kappa shape index (κ2) is 6.82. The molecule has 0 saturated carbocycles. The summed E-state index contributed by atoms with van der Waals surface area (Å²) in [5.74, 6) is -0.843. The van der Waals surface area contributed by atoms with Crippen molar-refractivity contribution >= 4 is 5.91 Å². The van der Waals surface area contributed by atoms with Gasteiger partial charge in [0.1, 0.15) is 5.82 Å². The van der Waals surface area contributed by atoms with Gasteiger partial charge in [-0.05, 0) is 17.7 Å². The zero-order valence-electron chi connectivity index (χ0n) is 11.1. The van der Waals surface area contributed by atoms with Gasteiger partial charge in [0.2, 0.25) is 0 Å². The van der Waals surface area contributed by atoms with E-state index >= 15 is 0 Å². The smallest absolute Gasteiger partial charge is 0.257 e. The van der Waals surface area contributed by atoms with E-state index in [-0.39, 0.29) is 11.5 Å². The van der Waals surface area contributed by atoms with Crippen molar-refractivity contribution in [3.8, 4) is 0 Å². The molecule has 0 radical (unpaired) electrons. The highest BCUT2D eigenvalue weighted by molar-refractivity contribution is 5.94. The average Bonchev–Trinajstić information content (AvgIpc) is 2.48.